The number of rotatable bonds is 4. The van der Waals surface area contributed by atoms with E-state index in [4.69, 9.17) is 20.0 Å². The standard InChI is InChI=1S/C30H27N3O4S.C2H6O.C2H6/c1-32(29(35)30(31)10-11-30)18-8-9-25-23(16-18)21-6-3-5-20(28(21)38-25)19-4-2-7-22-24(34)17-26(37-27(19)22)33-12-14-36-15-13-33;1-2-3;1-2/h2-9,16-17H,10-15,31H2,1H3;3H,2H2,1H3;1-2H3. The van der Waals surface area contributed by atoms with Crippen LogP contribution in [0.4, 0.5) is 11.6 Å². The molecule has 1 aliphatic heterocycles. The Hall–Kier alpha value is -3.76. The number of amides is 1. The molecule has 1 aliphatic carbocycles. The summed E-state index contributed by atoms with van der Waals surface area (Å²) in [6, 6.07) is 19.7. The summed E-state index contributed by atoms with van der Waals surface area (Å²) in [6.07, 6.45) is 1.47. The summed E-state index contributed by atoms with van der Waals surface area (Å²) in [6.45, 7) is 8.53. The van der Waals surface area contributed by atoms with E-state index in [1.807, 2.05) is 44.2 Å². The van der Waals surface area contributed by atoms with Gasteiger partial charge < -0.3 is 29.8 Å². The SMILES string of the molecule is CC.CCO.CN(C(=O)C1(N)CC1)c1ccc2sc3c(-c4cccc5c(=O)cc(N6CCOCC6)oc45)cccc3c2c1. The average Bonchev–Trinajstić information content (AvgIpc) is 3.69. The molecular formula is C34H39N3O5S. The number of para-hydroxylation sites is 1. The summed E-state index contributed by atoms with van der Waals surface area (Å²) in [5, 5.41) is 10.3. The zero-order valence-electron chi connectivity index (χ0n) is 25.2. The highest BCUT2D eigenvalue weighted by atomic mass is 32.1. The quantitative estimate of drug-likeness (QED) is 0.255. The molecule has 226 valence electrons. The third-order valence-electron chi connectivity index (χ3n) is 7.74. The Morgan fingerprint density at radius 1 is 1.00 bits per heavy atom. The minimum atomic E-state index is -0.716. The van der Waals surface area contributed by atoms with Crippen molar-refractivity contribution >= 4 is 60.0 Å². The van der Waals surface area contributed by atoms with Crippen molar-refractivity contribution in [3.05, 3.63) is 70.9 Å². The molecule has 3 aromatic carbocycles. The number of fused-ring (bicyclic) bond motifs is 4. The summed E-state index contributed by atoms with van der Waals surface area (Å²) >= 11 is 1.70. The number of hydrogen-bond donors (Lipinski definition) is 2. The molecule has 2 aromatic heterocycles. The smallest absolute Gasteiger partial charge is 0.246 e. The summed E-state index contributed by atoms with van der Waals surface area (Å²) in [5.74, 6) is 0.534. The van der Waals surface area contributed by atoms with Crippen LogP contribution in [0.25, 0.3) is 42.3 Å². The second-order valence-corrected chi connectivity index (χ2v) is 11.6. The lowest BCUT2D eigenvalue weighted by Crippen LogP contribution is -2.43. The molecule has 5 aromatic rings. The van der Waals surface area contributed by atoms with Gasteiger partial charge in [0, 0.05) is 69.8 Å². The van der Waals surface area contributed by atoms with E-state index in [0.717, 1.165) is 49.8 Å². The molecule has 0 radical (unpaired) electrons. The van der Waals surface area contributed by atoms with E-state index in [-0.39, 0.29) is 17.9 Å². The van der Waals surface area contributed by atoms with Crippen LogP contribution in [0.1, 0.15) is 33.6 Å². The largest absolute Gasteiger partial charge is 0.440 e. The Kier molecular flexibility index (Phi) is 9.17. The van der Waals surface area contributed by atoms with Crippen LogP contribution in [-0.4, -0.2) is 56.5 Å². The first-order valence-electron chi connectivity index (χ1n) is 14.9. The summed E-state index contributed by atoms with van der Waals surface area (Å²) in [4.78, 5) is 29.7. The fourth-order valence-corrected chi connectivity index (χ4v) is 6.53. The van der Waals surface area contributed by atoms with E-state index >= 15 is 0 Å². The number of ether oxygens (including phenoxy) is 1. The maximum Gasteiger partial charge on any atom is 0.246 e. The van der Waals surface area contributed by atoms with Gasteiger partial charge in [-0.05, 0) is 44.0 Å². The van der Waals surface area contributed by atoms with Crippen LogP contribution in [0, 0.1) is 0 Å². The summed E-state index contributed by atoms with van der Waals surface area (Å²) in [5.41, 5.74) is 8.74. The fraction of sp³-hybridized carbons (Fsp3) is 0.353. The zero-order valence-corrected chi connectivity index (χ0v) is 26.0. The number of nitrogens with two attached hydrogens (primary N) is 1. The molecule has 9 heteroatoms. The number of carbonyl (C=O) groups excluding carboxylic acids is 1. The zero-order chi connectivity index (χ0) is 30.7. The second kappa shape index (κ2) is 12.9. The molecule has 3 heterocycles. The highest BCUT2D eigenvalue weighted by Gasteiger charge is 2.47. The molecule has 43 heavy (non-hydrogen) atoms. The van der Waals surface area contributed by atoms with Crippen LogP contribution in [0.15, 0.2) is 69.9 Å². The molecule has 3 N–H and O–H groups in total. The van der Waals surface area contributed by atoms with Crippen molar-refractivity contribution in [1.82, 2.24) is 0 Å². The van der Waals surface area contributed by atoms with Crippen molar-refractivity contribution < 1.29 is 19.1 Å². The van der Waals surface area contributed by atoms with E-state index in [9.17, 15) is 9.59 Å². The molecule has 1 amide bonds. The minimum absolute atomic E-state index is 0.0427. The maximum absolute atomic E-state index is 13.1. The third kappa shape index (κ3) is 5.90. The number of aliphatic hydroxyl groups excluding tert-OH is 1. The predicted octanol–water partition coefficient (Wildman–Crippen LogP) is 6.14. The van der Waals surface area contributed by atoms with Gasteiger partial charge in [0.2, 0.25) is 5.91 Å². The lowest BCUT2D eigenvalue weighted by molar-refractivity contribution is -0.120. The molecule has 0 unspecified atom stereocenters. The second-order valence-electron chi connectivity index (χ2n) is 10.5. The number of anilines is 2. The normalized spacial score (nSPS) is 15.4. The van der Waals surface area contributed by atoms with Crippen molar-refractivity contribution in [1.29, 1.82) is 0 Å². The van der Waals surface area contributed by atoms with Crippen LogP contribution in [0.2, 0.25) is 0 Å². The maximum atomic E-state index is 13.1. The Balaban J connectivity index is 0.000000695. The number of thiophene rings is 1. The van der Waals surface area contributed by atoms with Gasteiger partial charge >= 0.3 is 0 Å². The van der Waals surface area contributed by atoms with Gasteiger partial charge in [0.15, 0.2) is 11.3 Å². The molecule has 8 nitrogen and oxygen atoms in total. The van der Waals surface area contributed by atoms with E-state index in [2.05, 4.69) is 29.2 Å². The van der Waals surface area contributed by atoms with Crippen LogP contribution >= 0.6 is 11.3 Å². The Labute approximate surface area is 255 Å². The highest BCUT2D eigenvalue weighted by molar-refractivity contribution is 7.26. The van der Waals surface area contributed by atoms with Gasteiger partial charge in [0.25, 0.3) is 0 Å². The molecule has 1 saturated heterocycles. The molecular weight excluding hydrogens is 562 g/mol. The van der Waals surface area contributed by atoms with Crippen LogP contribution in [0.5, 0.6) is 0 Å². The number of likely N-dealkylation sites (N-methyl/N-ethyl adjacent to an activating group) is 1. The third-order valence-corrected chi connectivity index (χ3v) is 8.96. The molecule has 7 rings (SSSR count). The van der Waals surface area contributed by atoms with Crippen molar-refractivity contribution in [2.75, 3.05) is 49.8 Å². The van der Waals surface area contributed by atoms with Crippen molar-refractivity contribution in [3.8, 4) is 11.1 Å². The van der Waals surface area contributed by atoms with Gasteiger partial charge in [-0.25, -0.2) is 0 Å². The Morgan fingerprint density at radius 3 is 2.33 bits per heavy atom. The van der Waals surface area contributed by atoms with Crippen molar-refractivity contribution in [2.24, 2.45) is 5.73 Å². The first-order chi connectivity index (χ1) is 20.8. The lowest BCUT2D eigenvalue weighted by Gasteiger charge is -2.27. The number of benzene rings is 3. The van der Waals surface area contributed by atoms with E-state index in [1.165, 1.54) is 0 Å². The number of carbonyl (C=O) groups is 1. The minimum Gasteiger partial charge on any atom is -0.440 e. The van der Waals surface area contributed by atoms with Crippen molar-refractivity contribution in [3.63, 3.8) is 0 Å². The van der Waals surface area contributed by atoms with Crippen molar-refractivity contribution in [2.45, 2.75) is 39.2 Å². The fourth-order valence-electron chi connectivity index (χ4n) is 5.32. The van der Waals surface area contributed by atoms with Crippen LogP contribution < -0.4 is 21.0 Å². The molecule has 1 saturated carbocycles. The number of morpholine rings is 1. The Morgan fingerprint density at radius 2 is 1.65 bits per heavy atom. The molecule has 2 fully saturated rings. The first-order valence-corrected chi connectivity index (χ1v) is 15.7. The van der Waals surface area contributed by atoms with Gasteiger partial charge in [-0.2, -0.15) is 0 Å². The van der Waals surface area contributed by atoms with E-state index in [0.29, 0.717) is 43.2 Å². The lowest BCUT2D eigenvalue weighted by atomic mass is 10.0. The number of hydrogen-bond acceptors (Lipinski definition) is 8. The van der Waals surface area contributed by atoms with Gasteiger partial charge in [-0.1, -0.05) is 44.2 Å². The van der Waals surface area contributed by atoms with Gasteiger partial charge in [-0.3, -0.25) is 9.59 Å². The average molecular weight is 602 g/mol. The highest BCUT2D eigenvalue weighted by Crippen LogP contribution is 2.43. The Bertz CT molecular complexity index is 1820. The van der Waals surface area contributed by atoms with E-state index < -0.39 is 5.54 Å². The predicted molar refractivity (Wildman–Crippen MR) is 178 cm³/mol. The molecule has 0 atom stereocenters. The summed E-state index contributed by atoms with van der Waals surface area (Å²) in [7, 11) is 1.79. The van der Waals surface area contributed by atoms with Gasteiger partial charge in [0.05, 0.1) is 24.1 Å². The van der Waals surface area contributed by atoms with E-state index in [1.54, 1.807) is 36.3 Å². The monoisotopic (exact) mass is 601 g/mol. The molecule has 0 spiro atoms. The van der Waals surface area contributed by atoms with Gasteiger partial charge in [-0.15, -0.1) is 11.3 Å². The summed E-state index contributed by atoms with van der Waals surface area (Å²) < 4.78 is 14.1. The topological polar surface area (TPSA) is 109 Å². The molecule has 0 bridgehead atoms. The number of aliphatic hydroxyl groups is 1. The van der Waals surface area contributed by atoms with Crippen LogP contribution in [0.3, 0.4) is 0 Å². The molecule has 2 aliphatic rings. The first kappa shape index (κ1) is 30.7. The van der Waals surface area contributed by atoms with Crippen LogP contribution in [-0.2, 0) is 9.53 Å². The van der Waals surface area contributed by atoms with Gasteiger partial charge in [0.1, 0.15) is 5.58 Å². The number of nitrogens with zero attached hydrogens (tertiary/aromatic N) is 2.